The van der Waals surface area contributed by atoms with Crippen LogP contribution in [0.5, 0.6) is 0 Å². The van der Waals surface area contributed by atoms with Gasteiger partial charge in [0.2, 0.25) is 5.91 Å². The number of carbonyl (C=O) groups excluding carboxylic acids is 1. The Bertz CT molecular complexity index is 368. The predicted octanol–water partition coefficient (Wildman–Crippen LogP) is 1.74. The smallest absolute Gasteiger partial charge is 0.243 e. The summed E-state index contributed by atoms with van der Waals surface area (Å²) in [6.45, 7) is 2.51. The van der Waals surface area contributed by atoms with Crippen molar-refractivity contribution >= 4 is 11.9 Å². The zero-order valence-corrected chi connectivity index (χ0v) is 13.7. The Morgan fingerprint density at radius 2 is 1.57 bits per heavy atom. The number of hydrogen-bond donors (Lipinski definition) is 2. The van der Waals surface area contributed by atoms with Crippen LogP contribution in [-0.2, 0) is 4.79 Å². The highest BCUT2D eigenvalue weighted by atomic mass is 16.2. The third-order valence-corrected chi connectivity index (χ3v) is 4.55. The molecule has 2 N–H and O–H groups in total. The molecule has 0 aliphatic heterocycles. The lowest BCUT2D eigenvalue weighted by Crippen LogP contribution is -2.46. The zero-order chi connectivity index (χ0) is 15.2. The fourth-order valence-electron chi connectivity index (χ4n) is 2.75. The van der Waals surface area contributed by atoms with Gasteiger partial charge in [-0.25, -0.2) is 4.99 Å². The molecule has 0 aromatic carbocycles. The van der Waals surface area contributed by atoms with Crippen LogP contribution >= 0.6 is 0 Å². The molecule has 0 bridgehead atoms. The molecular weight excluding hydrogens is 264 g/mol. The van der Waals surface area contributed by atoms with Crippen LogP contribution < -0.4 is 10.6 Å². The van der Waals surface area contributed by atoms with E-state index in [2.05, 4.69) is 22.5 Å². The highest BCUT2D eigenvalue weighted by Crippen LogP contribution is 2.26. The van der Waals surface area contributed by atoms with Crippen LogP contribution in [0.3, 0.4) is 0 Å². The average molecular weight is 294 g/mol. The van der Waals surface area contributed by atoms with Crippen LogP contribution in [0.15, 0.2) is 4.99 Å². The second-order valence-corrected chi connectivity index (χ2v) is 6.64. The van der Waals surface area contributed by atoms with Gasteiger partial charge in [-0.05, 0) is 44.4 Å². The van der Waals surface area contributed by atoms with Crippen molar-refractivity contribution in [2.75, 3.05) is 20.6 Å². The van der Waals surface area contributed by atoms with E-state index in [0.29, 0.717) is 12.1 Å². The Labute approximate surface area is 128 Å². The Hall–Kier alpha value is -1.26. The van der Waals surface area contributed by atoms with E-state index in [4.69, 9.17) is 0 Å². The largest absolute Gasteiger partial charge is 0.354 e. The maximum Gasteiger partial charge on any atom is 0.243 e. The van der Waals surface area contributed by atoms with E-state index < -0.39 is 0 Å². The molecular formula is C16H30N4O. The second-order valence-electron chi connectivity index (χ2n) is 6.64. The van der Waals surface area contributed by atoms with Gasteiger partial charge in [0, 0.05) is 26.2 Å². The molecule has 2 fully saturated rings. The molecule has 1 amide bonds. The van der Waals surface area contributed by atoms with Crippen molar-refractivity contribution in [3.63, 3.8) is 0 Å². The van der Waals surface area contributed by atoms with Gasteiger partial charge in [0.05, 0.1) is 0 Å². The molecule has 120 valence electrons. The highest BCUT2D eigenvalue weighted by Gasteiger charge is 2.25. The summed E-state index contributed by atoms with van der Waals surface area (Å²) in [5.74, 6) is 1.77. The van der Waals surface area contributed by atoms with Crippen molar-refractivity contribution < 1.29 is 4.79 Å². The van der Waals surface area contributed by atoms with Gasteiger partial charge in [0.15, 0.2) is 5.96 Å². The first-order chi connectivity index (χ1) is 10.1. The molecule has 2 saturated carbocycles. The number of likely N-dealkylation sites (N-methyl/N-ethyl adjacent to an activating group) is 1. The maximum absolute atomic E-state index is 11.7. The van der Waals surface area contributed by atoms with Crippen LogP contribution in [0, 0.1) is 5.92 Å². The van der Waals surface area contributed by atoms with Gasteiger partial charge in [0.1, 0.15) is 6.54 Å². The molecule has 21 heavy (non-hydrogen) atoms. The van der Waals surface area contributed by atoms with E-state index in [1.165, 1.54) is 44.9 Å². The lowest BCUT2D eigenvalue weighted by molar-refractivity contribution is -0.127. The third-order valence-electron chi connectivity index (χ3n) is 4.55. The van der Waals surface area contributed by atoms with Crippen LogP contribution in [0.1, 0.15) is 51.9 Å². The lowest BCUT2D eigenvalue weighted by Gasteiger charge is -2.29. The Kier molecular flexibility index (Phi) is 5.88. The number of hydrogen-bond acceptors (Lipinski definition) is 2. The van der Waals surface area contributed by atoms with Crippen molar-refractivity contribution in [2.45, 2.75) is 64.0 Å². The minimum atomic E-state index is 0.0431. The summed E-state index contributed by atoms with van der Waals surface area (Å²) >= 11 is 0. The van der Waals surface area contributed by atoms with Gasteiger partial charge in [-0.2, -0.15) is 0 Å². The van der Waals surface area contributed by atoms with E-state index in [1.54, 1.807) is 19.0 Å². The van der Waals surface area contributed by atoms with Gasteiger partial charge < -0.3 is 15.5 Å². The summed E-state index contributed by atoms with van der Waals surface area (Å²) in [5.41, 5.74) is 0. The number of amides is 1. The Morgan fingerprint density at radius 3 is 2.00 bits per heavy atom. The summed E-state index contributed by atoms with van der Waals surface area (Å²) in [5, 5.41) is 6.96. The molecule has 0 spiro atoms. The summed E-state index contributed by atoms with van der Waals surface area (Å²) in [4.78, 5) is 17.7. The lowest BCUT2D eigenvalue weighted by atomic mass is 9.84. The van der Waals surface area contributed by atoms with Crippen molar-refractivity contribution in [3.8, 4) is 0 Å². The maximum atomic E-state index is 11.7. The van der Waals surface area contributed by atoms with E-state index in [1.807, 2.05) is 0 Å². The quantitative estimate of drug-likeness (QED) is 0.600. The van der Waals surface area contributed by atoms with Gasteiger partial charge in [-0.15, -0.1) is 0 Å². The van der Waals surface area contributed by atoms with Crippen LogP contribution in [-0.4, -0.2) is 49.5 Å². The molecule has 5 nitrogen and oxygen atoms in total. The molecule has 5 heteroatoms. The fraction of sp³-hybridized carbons (Fsp3) is 0.875. The SMILES string of the molecule is CCC1CCC(NC(=NCC(=O)N(C)C)NC2CC2)CC1. The minimum absolute atomic E-state index is 0.0431. The Balaban J connectivity index is 1.84. The summed E-state index contributed by atoms with van der Waals surface area (Å²) in [6, 6.07) is 1.06. The third kappa shape index (κ3) is 5.56. The standard InChI is InChI=1S/C16H30N4O/c1-4-12-5-7-13(8-6-12)18-16(19-14-9-10-14)17-11-15(21)20(2)3/h12-14H,4-11H2,1-3H3,(H2,17,18,19). The molecule has 2 aliphatic rings. The van der Waals surface area contributed by atoms with Gasteiger partial charge in [-0.1, -0.05) is 13.3 Å². The highest BCUT2D eigenvalue weighted by molar-refractivity contribution is 5.85. The first kappa shape index (κ1) is 16.1. The van der Waals surface area contributed by atoms with Crippen molar-refractivity contribution in [3.05, 3.63) is 0 Å². The molecule has 0 saturated heterocycles. The van der Waals surface area contributed by atoms with E-state index in [9.17, 15) is 4.79 Å². The zero-order valence-electron chi connectivity index (χ0n) is 13.7. The number of rotatable bonds is 5. The minimum Gasteiger partial charge on any atom is -0.354 e. The van der Waals surface area contributed by atoms with E-state index in [0.717, 1.165) is 11.9 Å². The Morgan fingerprint density at radius 1 is 1.05 bits per heavy atom. The van der Waals surface area contributed by atoms with Crippen molar-refractivity contribution in [1.82, 2.24) is 15.5 Å². The molecule has 2 aliphatic carbocycles. The molecule has 0 radical (unpaired) electrons. The van der Waals surface area contributed by atoms with Gasteiger partial charge in [0.25, 0.3) is 0 Å². The van der Waals surface area contributed by atoms with Crippen LogP contribution in [0.2, 0.25) is 0 Å². The predicted molar refractivity (Wildman–Crippen MR) is 86.3 cm³/mol. The molecule has 0 atom stereocenters. The average Bonchev–Trinajstić information content (AvgIpc) is 3.29. The summed E-state index contributed by atoms with van der Waals surface area (Å²) in [6.07, 6.45) is 8.77. The topological polar surface area (TPSA) is 56.7 Å². The number of aliphatic imine (C=N–C) groups is 1. The molecule has 0 aromatic heterocycles. The van der Waals surface area contributed by atoms with Crippen molar-refractivity contribution in [1.29, 1.82) is 0 Å². The molecule has 0 heterocycles. The number of nitrogens with one attached hydrogen (secondary N) is 2. The first-order valence-corrected chi connectivity index (χ1v) is 8.36. The van der Waals surface area contributed by atoms with E-state index >= 15 is 0 Å². The second kappa shape index (κ2) is 7.66. The number of carbonyl (C=O) groups is 1. The molecule has 2 rings (SSSR count). The normalized spacial score (nSPS) is 26.3. The van der Waals surface area contributed by atoms with Gasteiger partial charge >= 0.3 is 0 Å². The first-order valence-electron chi connectivity index (χ1n) is 8.36. The van der Waals surface area contributed by atoms with Crippen LogP contribution in [0.25, 0.3) is 0 Å². The monoisotopic (exact) mass is 294 g/mol. The molecule has 0 aromatic rings. The molecule has 0 unspecified atom stereocenters. The summed E-state index contributed by atoms with van der Waals surface area (Å²) in [7, 11) is 3.54. The summed E-state index contributed by atoms with van der Waals surface area (Å²) < 4.78 is 0. The van der Waals surface area contributed by atoms with Gasteiger partial charge in [-0.3, -0.25) is 4.79 Å². The van der Waals surface area contributed by atoms with E-state index in [-0.39, 0.29) is 12.5 Å². The van der Waals surface area contributed by atoms with Crippen molar-refractivity contribution in [2.24, 2.45) is 10.9 Å². The fourth-order valence-corrected chi connectivity index (χ4v) is 2.75. The number of guanidine groups is 1. The van der Waals surface area contributed by atoms with Crippen LogP contribution in [0.4, 0.5) is 0 Å². The number of nitrogens with zero attached hydrogens (tertiary/aromatic N) is 2.